The SMILES string of the molecule is CCC(c1nc(C(=O)O)c(C)o1)C(C)(C)C. The highest BCUT2D eigenvalue weighted by Crippen LogP contribution is 2.37. The topological polar surface area (TPSA) is 63.3 Å². The maximum absolute atomic E-state index is 10.9. The molecule has 1 N–H and O–H groups in total. The Labute approximate surface area is 95.7 Å². The third kappa shape index (κ3) is 2.43. The van der Waals surface area contributed by atoms with E-state index < -0.39 is 5.97 Å². The Bertz CT molecular complexity index is 387. The molecule has 1 heterocycles. The lowest BCUT2D eigenvalue weighted by molar-refractivity contribution is 0.0689. The Kier molecular flexibility index (Phi) is 3.41. The van der Waals surface area contributed by atoms with E-state index in [2.05, 4.69) is 32.7 Å². The van der Waals surface area contributed by atoms with Crippen LogP contribution in [0.3, 0.4) is 0 Å². The maximum atomic E-state index is 10.9. The molecule has 0 radical (unpaired) electrons. The number of aromatic nitrogens is 1. The average molecular weight is 225 g/mol. The van der Waals surface area contributed by atoms with E-state index in [1.807, 2.05) is 0 Å². The fraction of sp³-hybridized carbons (Fsp3) is 0.667. The highest BCUT2D eigenvalue weighted by Gasteiger charge is 2.30. The Morgan fingerprint density at radius 3 is 2.38 bits per heavy atom. The maximum Gasteiger partial charge on any atom is 0.358 e. The molecule has 4 nitrogen and oxygen atoms in total. The molecule has 1 unspecified atom stereocenters. The second kappa shape index (κ2) is 4.28. The second-order valence-electron chi connectivity index (χ2n) is 5.09. The zero-order chi connectivity index (χ0) is 12.5. The lowest BCUT2D eigenvalue weighted by Gasteiger charge is -2.26. The molecule has 4 heteroatoms. The van der Waals surface area contributed by atoms with E-state index in [1.54, 1.807) is 6.92 Å². The minimum Gasteiger partial charge on any atom is -0.476 e. The lowest BCUT2D eigenvalue weighted by atomic mass is 9.79. The van der Waals surface area contributed by atoms with Crippen LogP contribution in [0.15, 0.2) is 4.42 Å². The fourth-order valence-corrected chi connectivity index (χ4v) is 1.92. The zero-order valence-electron chi connectivity index (χ0n) is 10.5. The average Bonchev–Trinajstić information content (AvgIpc) is 2.45. The van der Waals surface area contributed by atoms with Crippen LogP contribution in [-0.2, 0) is 0 Å². The number of aromatic carboxylic acids is 1. The molecule has 1 aromatic rings. The molecule has 0 aliphatic rings. The van der Waals surface area contributed by atoms with Crippen LogP contribution < -0.4 is 0 Å². The van der Waals surface area contributed by atoms with Gasteiger partial charge in [-0.05, 0) is 18.8 Å². The van der Waals surface area contributed by atoms with Crippen LogP contribution >= 0.6 is 0 Å². The summed E-state index contributed by atoms with van der Waals surface area (Å²) in [5, 5.41) is 8.91. The highest BCUT2D eigenvalue weighted by molar-refractivity contribution is 5.86. The molecule has 1 aromatic heterocycles. The first-order valence-electron chi connectivity index (χ1n) is 5.48. The van der Waals surface area contributed by atoms with Gasteiger partial charge in [0.15, 0.2) is 11.6 Å². The summed E-state index contributed by atoms with van der Waals surface area (Å²) in [4.78, 5) is 15.0. The molecule has 0 fully saturated rings. The largest absolute Gasteiger partial charge is 0.476 e. The molecule has 0 aromatic carbocycles. The molecule has 0 amide bonds. The van der Waals surface area contributed by atoms with Crippen molar-refractivity contribution >= 4 is 5.97 Å². The predicted octanol–water partition coefficient (Wildman–Crippen LogP) is 3.22. The molecule has 0 saturated carbocycles. The van der Waals surface area contributed by atoms with E-state index in [1.165, 1.54) is 0 Å². The van der Waals surface area contributed by atoms with Crippen LogP contribution in [-0.4, -0.2) is 16.1 Å². The highest BCUT2D eigenvalue weighted by atomic mass is 16.4. The summed E-state index contributed by atoms with van der Waals surface area (Å²) in [7, 11) is 0. The summed E-state index contributed by atoms with van der Waals surface area (Å²) in [5.74, 6) is 0.0191. The Morgan fingerprint density at radius 2 is 2.06 bits per heavy atom. The molecule has 90 valence electrons. The molecule has 0 aliphatic carbocycles. The molecule has 0 spiro atoms. The van der Waals surface area contributed by atoms with Crippen molar-refractivity contribution in [3.05, 3.63) is 17.3 Å². The van der Waals surface area contributed by atoms with Crippen molar-refractivity contribution in [1.29, 1.82) is 0 Å². The van der Waals surface area contributed by atoms with Crippen molar-refractivity contribution in [2.24, 2.45) is 5.41 Å². The van der Waals surface area contributed by atoms with Crippen LogP contribution in [0.5, 0.6) is 0 Å². The quantitative estimate of drug-likeness (QED) is 0.857. The minimum absolute atomic E-state index is 0.0157. The Morgan fingerprint density at radius 1 is 1.50 bits per heavy atom. The van der Waals surface area contributed by atoms with E-state index in [-0.39, 0.29) is 17.0 Å². The Balaban J connectivity index is 3.13. The first kappa shape index (κ1) is 12.7. The van der Waals surface area contributed by atoms with Crippen LogP contribution in [0.1, 0.15) is 62.2 Å². The first-order valence-corrected chi connectivity index (χ1v) is 5.48. The van der Waals surface area contributed by atoms with Crippen LogP contribution in [0.25, 0.3) is 0 Å². The standard InChI is InChI=1S/C12H19NO3/c1-6-8(12(3,4)5)10-13-9(11(14)15)7(2)16-10/h8H,6H2,1-5H3,(H,14,15). The molecular formula is C12H19NO3. The fourth-order valence-electron chi connectivity index (χ4n) is 1.92. The third-order valence-corrected chi connectivity index (χ3v) is 2.77. The van der Waals surface area contributed by atoms with E-state index in [9.17, 15) is 4.79 Å². The Hall–Kier alpha value is -1.32. The van der Waals surface area contributed by atoms with Gasteiger partial charge in [0.1, 0.15) is 5.76 Å². The van der Waals surface area contributed by atoms with Crippen LogP contribution in [0.4, 0.5) is 0 Å². The summed E-state index contributed by atoms with van der Waals surface area (Å²) in [6.45, 7) is 9.98. The number of carbonyl (C=O) groups is 1. The van der Waals surface area contributed by atoms with Gasteiger partial charge in [-0.1, -0.05) is 27.7 Å². The van der Waals surface area contributed by atoms with Gasteiger partial charge in [-0.15, -0.1) is 0 Å². The number of oxazole rings is 1. The van der Waals surface area contributed by atoms with Crippen LogP contribution in [0.2, 0.25) is 0 Å². The third-order valence-electron chi connectivity index (χ3n) is 2.77. The van der Waals surface area contributed by atoms with Gasteiger partial charge in [0.05, 0.1) is 0 Å². The van der Waals surface area contributed by atoms with Gasteiger partial charge in [0.25, 0.3) is 0 Å². The number of hydrogen-bond acceptors (Lipinski definition) is 3. The van der Waals surface area contributed by atoms with Gasteiger partial charge < -0.3 is 9.52 Å². The number of hydrogen-bond donors (Lipinski definition) is 1. The van der Waals surface area contributed by atoms with Crippen molar-refractivity contribution < 1.29 is 14.3 Å². The summed E-state index contributed by atoms with van der Waals surface area (Å²) in [6.07, 6.45) is 0.877. The van der Waals surface area contributed by atoms with Crippen molar-refractivity contribution in [3.63, 3.8) is 0 Å². The van der Waals surface area contributed by atoms with E-state index in [0.29, 0.717) is 11.7 Å². The van der Waals surface area contributed by atoms with Gasteiger partial charge in [-0.2, -0.15) is 0 Å². The number of rotatable bonds is 3. The molecule has 16 heavy (non-hydrogen) atoms. The molecule has 0 bridgehead atoms. The molecule has 1 atom stereocenters. The van der Waals surface area contributed by atoms with Gasteiger partial charge in [0.2, 0.25) is 0 Å². The van der Waals surface area contributed by atoms with Gasteiger partial charge >= 0.3 is 5.97 Å². The summed E-state index contributed by atoms with van der Waals surface area (Å²) in [5.41, 5.74) is 0.0413. The van der Waals surface area contributed by atoms with Crippen LogP contribution in [0, 0.1) is 12.3 Å². The van der Waals surface area contributed by atoms with Crippen molar-refractivity contribution in [2.75, 3.05) is 0 Å². The second-order valence-corrected chi connectivity index (χ2v) is 5.09. The summed E-state index contributed by atoms with van der Waals surface area (Å²) < 4.78 is 5.46. The van der Waals surface area contributed by atoms with Crippen molar-refractivity contribution in [3.8, 4) is 0 Å². The monoisotopic (exact) mass is 225 g/mol. The smallest absolute Gasteiger partial charge is 0.358 e. The first-order chi connectivity index (χ1) is 7.27. The minimum atomic E-state index is -1.03. The van der Waals surface area contributed by atoms with Crippen molar-refractivity contribution in [1.82, 2.24) is 4.98 Å². The molecule has 0 aliphatic heterocycles. The van der Waals surface area contributed by atoms with Gasteiger partial charge in [0, 0.05) is 5.92 Å². The molecule has 1 rings (SSSR count). The van der Waals surface area contributed by atoms with E-state index in [4.69, 9.17) is 9.52 Å². The normalized spacial score (nSPS) is 13.8. The number of carboxylic acid groups (broad SMARTS) is 1. The molecular weight excluding hydrogens is 206 g/mol. The van der Waals surface area contributed by atoms with E-state index in [0.717, 1.165) is 6.42 Å². The summed E-state index contributed by atoms with van der Waals surface area (Å²) >= 11 is 0. The summed E-state index contributed by atoms with van der Waals surface area (Å²) in [6, 6.07) is 0. The van der Waals surface area contributed by atoms with E-state index >= 15 is 0 Å². The number of aryl methyl sites for hydroxylation is 1. The van der Waals surface area contributed by atoms with Gasteiger partial charge in [-0.3, -0.25) is 0 Å². The zero-order valence-corrected chi connectivity index (χ0v) is 10.5. The predicted molar refractivity (Wildman–Crippen MR) is 60.7 cm³/mol. The lowest BCUT2D eigenvalue weighted by Crippen LogP contribution is -2.18. The number of carboxylic acids is 1. The molecule has 0 saturated heterocycles. The van der Waals surface area contributed by atoms with Gasteiger partial charge in [-0.25, -0.2) is 9.78 Å². The van der Waals surface area contributed by atoms with Crippen molar-refractivity contribution in [2.45, 2.75) is 47.0 Å². The number of nitrogens with zero attached hydrogens (tertiary/aromatic N) is 1.